The first-order chi connectivity index (χ1) is 6.31. The summed E-state index contributed by atoms with van der Waals surface area (Å²) in [4.78, 5) is 0. The quantitative estimate of drug-likeness (QED) is 0.794. The Morgan fingerprint density at radius 3 is 2.50 bits per heavy atom. The molecule has 14 heavy (non-hydrogen) atoms. The van der Waals surface area contributed by atoms with E-state index in [1.807, 2.05) is 20.8 Å². The highest BCUT2D eigenvalue weighted by Gasteiger charge is 2.17. The first kappa shape index (κ1) is 11.3. The highest BCUT2D eigenvalue weighted by Crippen LogP contribution is 2.29. The molecule has 0 amide bonds. The molecule has 0 unspecified atom stereocenters. The molecule has 0 atom stereocenters. The molecular weight excluding hydrogens is 198 g/mol. The van der Waals surface area contributed by atoms with E-state index in [0.29, 0.717) is 11.4 Å². The number of hydrogen-bond acceptors (Lipinski definition) is 2. The number of hydrogen-bond donors (Lipinski definition) is 2. The van der Waals surface area contributed by atoms with Crippen molar-refractivity contribution in [3.8, 4) is 5.75 Å². The molecule has 0 saturated carbocycles. The minimum Gasteiger partial charge on any atom is -0.508 e. The third-order valence-corrected chi connectivity index (χ3v) is 2.55. The summed E-state index contributed by atoms with van der Waals surface area (Å²) in [5.41, 5.74) is 7.31. The van der Waals surface area contributed by atoms with E-state index in [4.69, 9.17) is 17.3 Å². The fourth-order valence-electron chi connectivity index (χ4n) is 1.39. The van der Waals surface area contributed by atoms with Gasteiger partial charge in [0.2, 0.25) is 0 Å². The van der Waals surface area contributed by atoms with E-state index in [2.05, 4.69) is 0 Å². The van der Waals surface area contributed by atoms with Crippen molar-refractivity contribution in [3.63, 3.8) is 0 Å². The number of phenols is 1. The monoisotopic (exact) mass is 213 g/mol. The van der Waals surface area contributed by atoms with Gasteiger partial charge in [0.25, 0.3) is 0 Å². The number of aromatic hydroxyl groups is 1. The highest BCUT2D eigenvalue weighted by atomic mass is 35.5. The van der Waals surface area contributed by atoms with Gasteiger partial charge in [-0.15, -0.1) is 0 Å². The zero-order valence-electron chi connectivity index (χ0n) is 8.76. The molecule has 0 aromatic heterocycles. The van der Waals surface area contributed by atoms with E-state index in [9.17, 15) is 5.11 Å². The lowest BCUT2D eigenvalue weighted by Gasteiger charge is -2.21. The van der Waals surface area contributed by atoms with Gasteiger partial charge in [-0.25, -0.2) is 0 Å². The second kappa shape index (κ2) is 3.79. The van der Waals surface area contributed by atoms with Crippen molar-refractivity contribution in [2.75, 3.05) is 0 Å². The van der Waals surface area contributed by atoms with Gasteiger partial charge in [0.1, 0.15) is 5.75 Å². The Labute approximate surface area is 89.7 Å². The lowest BCUT2D eigenvalue weighted by atomic mass is 9.93. The smallest absolute Gasteiger partial charge is 0.119 e. The van der Waals surface area contributed by atoms with Crippen LogP contribution in [-0.2, 0) is 6.42 Å². The Morgan fingerprint density at radius 1 is 1.43 bits per heavy atom. The Hall–Kier alpha value is -0.730. The average molecular weight is 214 g/mol. The Kier molecular flexibility index (Phi) is 3.07. The van der Waals surface area contributed by atoms with E-state index >= 15 is 0 Å². The molecule has 2 nitrogen and oxygen atoms in total. The molecule has 0 fully saturated rings. The third-order valence-electron chi connectivity index (χ3n) is 2.14. The second-order valence-corrected chi connectivity index (χ2v) is 4.74. The molecule has 0 heterocycles. The van der Waals surface area contributed by atoms with E-state index in [0.717, 1.165) is 11.1 Å². The minimum absolute atomic E-state index is 0.269. The van der Waals surface area contributed by atoms with Crippen LogP contribution < -0.4 is 5.73 Å². The summed E-state index contributed by atoms with van der Waals surface area (Å²) in [5, 5.41) is 10.3. The summed E-state index contributed by atoms with van der Waals surface area (Å²) >= 11 is 5.96. The molecule has 1 aromatic carbocycles. The molecule has 0 radical (unpaired) electrons. The standard InChI is InChI=1S/C11H16ClNO/c1-7-8(6-11(2,3)13)10(14)5-4-9(7)12/h4-5,14H,6,13H2,1-3H3. The van der Waals surface area contributed by atoms with Gasteiger partial charge < -0.3 is 10.8 Å². The van der Waals surface area contributed by atoms with Crippen molar-refractivity contribution >= 4 is 11.6 Å². The summed E-state index contributed by atoms with van der Waals surface area (Å²) in [7, 11) is 0. The molecule has 1 aromatic rings. The molecule has 1 rings (SSSR count). The van der Waals surface area contributed by atoms with Crippen molar-refractivity contribution in [1.82, 2.24) is 0 Å². The lowest BCUT2D eigenvalue weighted by molar-refractivity contribution is 0.449. The second-order valence-electron chi connectivity index (χ2n) is 4.34. The van der Waals surface area contributed by atoms with Crippen LogP contribution in [0.5, 0.6) is 5.75 Å². The molecule has 0 aliphatic heterocycles. The van der Waals surface area contributed by atoms with E-state index in [-0.39, 0.29) is 11.3 Å². The number of nitrogens with two attached hydrogens (primary N) is 1. The molecule has 3 N–H and O–H groups in total. The van der Waals surface area contributed by atoms with Gasteiger partial charge >= 0.3 is 0 Å². The minimum atomic E-state index is -0.340. The van der Waals surface area contributed by atoms with Gasteiger partial charge in [0.05, 0.1) is 0 Å². The summed E-state index contributed by atoms with van der Waals surface area (Å²) < 4.78 is 0. The van der Waals surface area contributed by atoms with Crippen LogP contribution in [0, 0.1) is 6.92 Å². The van der Waals surface area contributed by atoms with Gasteiger partial charge in [-0.1, -0.05) is 11.6 Å². The molecule has 0 saturated heterocycles. The van der Waals surface area contributed by atoms with Crippen LogP contribution in [-0.4, -0.2) is 10.6 Å². The zero-order chi connectivity index (χ0) is 10.9. The van der Waals surface area contributed by atoms with Gasteiger partial charge in [-0.05, 0) is 44.9 Å². The van der Waals surface area contributed by atoms with Gasteiger partial charge in [-0.3, -0.25) is 0 Å². The maximum atomic E-state index is 9.66. The van der Waals surface area contributed by atoms with Crippen LogP contribution in [0.4, 0.5) is 0 Å². The molecule has 0 spiro atoms. The molecule has 0 aliphatic carbocycles. The number of rotatable bonds is 2. The Morgan fingerprint density at radius 2 is 2.00 bits per heavy atom. The molecule has 3 heteroatoms. The van der Waals surface area contributed by atoms with E-state index in [1.54, 1.807) is 12.1 Å². The summed E-state index contributed by atoms with van der Waals surface area (Å²) in [5.74, 6) is 0.269. The summed E-state index contributed by atoms with van der Waals surface area (Å²) in [6.45, 7) is 5.74. The first-order valence-corrected chi connectivity index (χ1v) is 4.95. The predicted molar refractivity (Wildman–Crippen MR) is 59.8 cm³/mol. The molecule has 78 valence electrons. The largest absolute Gasteiger partial charge is 0.508 e. The topological polar surface area (TPSA) is 46.2 Å². The van der Waals surface area contributed by atoms with Crippen molar-refractivity contribution in [2.45, 2.75) is 32.7 Å². The van der Waals surface area contributed by atoms with Gasteiger partial charge in [0.15, 0.2) is 0 Å². The summed E-state index contributed by atoms with van der Waals surface area (Å²) in [6, 6.07) is 3.30. The Bertz CT molecular complexity index is 342. The van der Waals surface area contributed by atoms with Crippen molar-refractivity contribution < 1.29 is 5.11 Å². The van der Waals surface area contributed by atoms with E-state index in [1.165, 1.54) is 0 Å². The van der Waals surface area contributed by atoms with Crippen LogP contribution >= 0.6 is 11.6 Å². The fourth-order valence-corrected chi connectivity index (χ4v) is 1.57. The average Bonchev–Trinajstić information content (AvgIpc) is 2.04. The van der Waals surface area contributed by atoms with Crippen LogP contribution in [0.1, 0.15) is 25.0 Å². The van der Waals surface area contributed by atoms with E-state index < -0.39 is 0 Å². The fraction of sp³-hybridized carbons (Fsp3) is 0.455. The SMILES string of the molecule is Cc1c(Cl)ccc(O)c1CC(C)(C)N. The molecule has 0 aliphatic rings. The summed E-state index contributed by atoms with van der Waals surface area (Å²) in [6.07, 6.45) is 0.616. The zero-order valence-corrected chi connectivity index (χ0v) is 9.52. The van der Waals surface area contributed by atoms with Crippen LogP contribution in [0.15, 0.2) is 12.1 Å². The van der Waals surface area contributed by atoms with Crippen LogP contribution in [0.2, 0.25) is 5.02 Å². The van der Waals surface area contributed by atoms with Gasteiger partial charge in [0, 0.05) is 16.1 Å². The van der Waals surface area contributed by atoms with Crippen LogP contribution in [0.25, 0.3) is 0 Å². The van der Waals surface area contributed by atoms with Crippen molar-refractivity contribution in [2.24, 2.45) is 5.73 Å². The molecule has 0 bridgehead atoms. The predicted octanol–water partition coefficient (Wildman–Crippen LogP) is 2.63. The number of phenolic OH excluding ortho intramolecular Hbond substituents is 1. The Balaban J connectivity index is 3.13. The first-order valence-electron chi connectivity index (χ1n) is 4.57. The van der Waals surface area contributed by atoms with Gasteiger partial charge in [-0.2, -0.15) is 0 Å². The van der Waals surface area contributed by atoms with Crippen LogP contribution in [0.3, 0.4) is 0 Å². The molecular formula is C11H16ClNO. The van der Waals surface area contributed by atoms with Crippen molar-refractivity contribution in [1.29, 1.82) is 0 Å². The maximum Gasteiger partial charge on any atom is 0.119 e. The highest BCUT2D eigenvalue weighted by molar-refractivity contribution is 6.31. The lowest BCUT2D eigenvalue weighted by Crippen LogP contribution is -2.34. The number of benzene rings is 1. The number of halogens is 1. The normalized spacial score (nSPS) is 11.8. The maximum absolute atomic E-state index is 9.66. The third kappa shape index (κ3) is 2.63. The van der Waals surface area contributed by atoms with Crippen molar-refractivity contribution in [3.05, 3.63) is 28.3 Å².